The number of benzene rings is 2. The van der Waals surface area contributed by atoms with E-state index in [1.807, 2.05) is 38.7 Å². The number of sulfone groups is 1. The summed E-state index contributed by atoms with van der Waals surface area (Å²) in [6, 6.07) is 15.9. The Balaban J connectivity index is 2.41. The molecule has 0 radical (unpaired) electrons. The lowest BCUT2D eigenvalue weighted by molar-refractivity contribution is 0.0985. The Hall–Kier alpha value is -1.72. The van der Waals surface area contributed by atoms with Crippen LogP contribution in [0.25, 0.3) is 0 Å². The summed E-state index contributed by atoms with van der Waals surface area (Å²) in [6.07, 6.45) is 0.0377. The van der Waals surface area contributed by atoms with Crippen LogP contribution in [0.3, 0.4) is 0 Å². The van der Waals surface area contributed by atoms with Gasteiger partial charge in [-0.1, -0.05) is 62.1 Å². The summed E-state index contributed by atoms with van der Waals surface area (Å²) in [5, 5.41) is 0. The van der Waals surface area contributed by atoms with Crippen molar-refractivity contribution in [3.63, 3.8) is 0 Å². The molecule has 3 nitrogen and oxygen atoms in total. The molecule has 24 heavy (non-hydrogen) atoms. The number of hydrogen-bond acceptors (Lipinski definition) is 3. The minimum Gasteiger partial charge on any atom is -0.294 e. The van der Waals surface area contributed by atoms with Crippen LogP contribution in [0.4, 0.5) is 0 Å². The van der Waals surface area contributed by atoms with Crippen molar-refractivity contribution in [2.24, 2.45) is 0 Å². The monoisotopic (exact) mass is 360 g/mol. The van der Waals surface area contributed by atoms with Crippen LogP contribution in [0.15, 0.2) is 59.5 Å². The highest BCUT2D eigenvalue weighted by Gasteiger charge is 2.40. The van der Waals surface area contributed by atoms with Gasteiger partial charge >= 0.3 is 0 Å². The molecule has 0 aliphatic rings. The summed E-state index contributed by atoms with van der Waals surface area (Å²) >= 11 is 0. The van der Waals surface area contributed by atoms with Gasteiger partial charge in [0.1, 0.15) is 0 Å². The maximum Gasteiger partial charge on any atom is 0.179 e. The van der Waals surface area contributed by atoms with Gasteiger partial charge in [0.15, 0.2) is 15.6 Å². The summed E-state index contributed by atoms with van der Waals surface area (Å²) in [5.41, 5.74) is 1.47. The third-order valence-corrected chi connectivity index (χ3v) is 11.1. The van der Waals surface area contributed by atoms with Gasteiger partial charge in [0.25, 0.3) is 0 Å². The third-order valence-electron chi connectivity index (χ3n) is 4.13. The zero-order valence-corrected chi connectivity index (χ0v) is 16.4. The molecule has 0 saturated carbocycles. The zero-order chi connectivity index (χ0) is 18.0. The summed E-state index contributed by atoms with van der Waals surface area (Å²) < 4.78 is 26.4. The zero-order valence-electron chi connectivity index (χ0n) is 14.6. The normalized spacial score (nSPS) is 13.5. The first-order valence-corrected chi connectivity index (χ1v) is 13.1. The molecule has 0 aliphatic heterocycles. The molecule has 0 amide bonds. The Morgan fingerprint density at radius 3 is 2.17 bits per heavy atom. The molecular weight excluding hydrogens is 336 g/mol. The van der Waals surface area contributed by atoms with Crippen molar-refractivity contribution >= 4 is 23.7 Å². The molecule has 0 fully saturated rings. The average molecular weight is 361 g/mol. The van der Waals surface area contributed by atoms with Gasteiger partial charge in [0.05, 0.1) is 17.8 Å². The maximum atomic E-state index is 13.2. The highest BCUT2D eigenvalue weighted by atomic mass is 32.2. The molecule has 0 bridgehead atoms. The average Bonchev–Trinajstić information content (AvgIpc) is 2.52. The number of Topliss-reactive ketones (excluding diaryl/α,β-unsaturated/α-hetero) is 1. The fraction of sp³-hybridized carbons (Fsp3) is 0.316. The lowest BCUT2D eigenvalue weighted by Gasteiger charge is -2.28. The summed E-state index contributed by atoms with van der Waals surface area (Å²) in [5.74, 6) is -0.112. The summed E-state index contributed by atoms with van der Waals surface area (Å²) in [7, 11) is -5.67. The van der Waals surface area contributed by atoms with Crippen LogP contribution in [0.5, 0.6) is 0 Å². The van der Waals surface area contributed by atoms with Crippen molar-refractivity contribution in [1.82, 2.24) is 0 Å². The number of carbonyl (C=O) groups excluding carboxylic acids is 1. The Morgan fingerprint density at radius 2 is 1.62 bits per heavy atom. The lowest BCUT2D eigenvalue weighted by atomic mass is 10.1. The van der Waals surface area contributed by atoms with E-state index in [2.05, 4.69) is 0 Å². The van der Waals surface area contributed by atoms with E-state index in [1.54, 1.807) is 42.5 Å². The van der Waals surface area contributed by atoms with Gasteiger partial charge in [-0.15, -0.1) is 0 Å². The van der Waals surface area contributed by atoms with Crippen molar-refractivity contribution in [2.75, 3.05) is 0 Å². The van der Waals surface area contributed by atoms with Gasteiger partial charge in [-0.2, -0.15) is 0 Å². The van der Waals surface area contributed by atoms with Gasteiger partial charge in [-0.05, 0) is 24.6 Å². The SMILES string of the molecule is Cc1cccc(S(=O)(=O)C(CC(=O)c2ccccc2)[Si](C)(C)C)c1. The fourth-order valence-corrected chi connectivity index (χ4v) is 9.00. The highest BCUT2D eigenvalue weighted by Crippen LogP contribution is 2.28. The Labute approximate surface area is 145 Å². The van der Waals surface area contributed by atoms with E-state index >= 15 is 0 Å². The molecule has 0 aliphatic carbocycles. The quantitative estimate of drug-likeness (QED) is 0.570. The second-order valence-corrected chi connectivity index (χ2v) is 15.2. The van der Waals surface area contributed by atoms with Crippen molar-refractivity contribution in [3.05, 3.63) is 65.7 Å². The molecule has 2 aromatic rings. The van der Waals surface area contributed by atoms with Crippen LogP contribution >= 0.6 is 0 Å². The molecule has 1 unspecified atom stereocenters. The van der Waals surface area contributed by atoms with E-state index < -0.39 is 22.8 Å². The van der Waals surface area contributed by atoms with Crippen LogP contribution in [0, 0.1) is 6.92 Å². The molecule has 128 valence electrons. The van der Waals surface area contributed by atoms with Crippen LogP contribution in [0.2, 0.25) is 19.6 Å². The molecule has 0 heterocycles. The van der Waals surface area contributed by atoms with E-state index in [-0.39, 0.29) is 12.2 Å². The fourth-order valence-electron chi connectivity index (χ4n) is 2.75. The molecule has 2 rings (SSSR count). The molecule has 5 heteroatoms. The maximum absolute atomic E-state index is 13.2. The van der Waals surface area contributed by atoms with E-state index in [0.29, 0.717) is 10.5 Å². The standard InChI is InChI=1S/C19H24O3SSi/c1-15-9-8-12-17(13-15)23(21,22)19(24(2,3)4)14-18(20)16-10-6-5-7-11-16/h5-13,19H,14H2,1-4H3. The van der Waals surface area contributed by atoms with Gasteiger partial charge in [-0.3, -0.25) is 4.79 Å². The number of carbonyl (C=O) groups is 1. The van der Waals surface area contributed by atoms with Gasteiger partial charge < -0.3 is 0 Å². The van der Waals surface area contributed by atoms with Crippen LogP contribution in [0.1, 0.15) is 22.3 Å². The second-order valence-electron chi connectivity index (χ2n) is 7.21. The highest BCUT2D eigenvalue weighted by molar-refractivity contribution is 7.94. The molecule has 0 saturated heterocycles. The van der Waals surface area contributed by atoms with E-state index in [9.17, 15) is 13.2 Å². The van der Waals surface area contributed by atoms with E-state index in [4.69, 9.17) is 0 Å². The molecule has 0 aromatic heterocycles. The van der Waals surface area contributed by atoms with E-state index in [1.165, 1.54) is 0 Å². The minimum absolute atomic E-state index is 0.0377. The Bertz CT molecular complexity index is 821. The largest absolute Gasteiger partial charge is 0.294 e. The van der Waals surface area contributed by atoms with Gasteiger partial charge in [0, 0.05) is 12.0 Å². The van der Waals surface area contributed by atoms with Crippen LogP contribution in [-0.2, 0) is 9.84 Å². The van der Waals surface area contributed by atoms with E-state index in [0.717, 1.165) is 5.56 Å². The van der Waals surface area contributed by atoms with Crippen molar-refractivity contribution < 1.29 is 13.2 Å². The topological polar surface area (TPSA) is 51.2 Å². The number of hydrogen-bond donors (Lipinski definition) is 0. The molecule has 0 spiro atoms. The first-order valence-electron chi connectivity index (χ1n) is 8.01. The predicted molar refractivity (Wildman–Crippen MR) is 101 cm³/mol. The van der Waals surface area contributed by atoms with Crippen LogP contribution in [-0.4, -0.2) is 27.1 Å². The first-order chi connectivity index (χ1) is 11.1. The molecule has 0 N–H and O–H groups in total. The van der Waals surface area contributed by atoms with Gasteiger partial charge in [-0.25, -0.2) is 8.42 Å². The summed E-state index contributed by atoms with van der Waals surface area (Å²) in [4.78, 5) is 12.3. The van der Waals surface area contributed by atoms with Crippen molar-refractivity contribution in [1.29, 1.82) is 0 Å². The second kappa shape index (κ2) is 7.03. The predicted octanol–water partition coefficient (Wildman–Crippen LogP) is 4.29. The third kappa shape index (κ3) is 4.22. The van der Waals surface area contributed by atoms with Crippen LogP contribution < -0.4 is 0 Å². The van der Waals surface area contributed by atoms with Gasteiger partial charge in [0.2, 0.25) is 0 Å². The van der Waals surface area contributed by atoms with Crippen molar-refractivity contribution in [3.8, 4) is 0 Å². The van der Waals surface area contributed by atoms with Crippen molar-refractivity contribution in [2.45, 2.75) is 42.8 Å². The molecule has 2 aromatic carbocycles. The smallest absolute Gasteiger partial charge is 0.179 e. The number of rotatable bonds is 6. The Morgan fingerprint density at radius 1 is 1.00 bits per heavy atom. The molecular formula is C19H24O3SSi. The Kier molecular flexibility index (Phi) is 5.45. The number of ketones is 1. The molecule has 1 atom stereocenters. The summed E-state index contributed by atoms with van der Waals surface area (Å²) in [6.45, 7) is 7.88. The minimum atomic E-state index is -3.54. The lowest BCUT2D eigenvalue weighted by Crippen LogP contribution is -2.45. The first kappa shape index (κ1) is 18.6. The number of aryl methyl sites for hydroxylation is 1.